The first-order valence-electron chi connectivity index (χ1n) is 3.52. The van der Waals surface area contributed by atoms with Gasteiger partial charge >= 0.3 is 0 Å². The zero-order chi connectivity index (χ0) is 9.14. The molecule has 3 heteroatoms. The fourth-order valence-electron chi connectivity index (χ4n) is 0.988. The van der Waals surface area contributed by atoms with Crippen LogP contribution in [0.1, 0.15) is 5.56 Å². The topological polar surface area (TPSA) is 27.0 Å². The molecule has 12 heavy (non-hydrogen) atoms. The summed E-state index contributed by atoms with van der Waals surface area (Å²) in [5, 5.41) is 8.79. The molecule has 0 radical (unpaired) electrons. The molecule has 0 unspecified atom stereocenters. The third kappa shape index (κ3) is 1.77. The molecule has 0 heterocycles. The molecule has 0 atom stereocenters. The number of hydrogen-bond donors (Lipinski definition) is 0. The van der Waals surface area contributed by atoms with Crippen LogP contribution in [-0.2, 0) is 0 Å². The molecule has 0 aliphatic rings. The van der Waals surface area contributed by atoms with Crippen molar-refractivity contribution in [1.82, 2.24) is 0 Å². The highest BCUT2D eigenvalue weighted by atomic mass is 79.9. The normalized spacial score (nSPS) is 9.17. The molecule has 0 N–H and O–H groups in total. The van der Waals surface area contributed by atoms with E-state index in [1.807, 2.05) is 37.2 Å². The Bertz CT molecular complexity index is 326. The van der Waals surface area contributed by atoms with Gasteiger partial charge in [-0.25, -0.2) is 0 Å². The summed E-state index contributed by atoms with van der Waals surface area (Å²) in [4.78, 5) is 1.92. The predicted octanol–water partition coefficient (Wildman–Crippen LogP) is 2.39. The summed E-state index contributed by atoms with van der Waals surface area (Å²) in [5.41, 5.74) is 1.63. The molecular weight excluding hydrogens is 216 g/mol. The minimum absolute atomic E-state index is 0.689. The van der Waals surface area contributed by atoms with Crippen LogP contribution in [0.3, 0.4) is 0 Å². The molecule has 2 nitrogen and oxygen atoms in total. The van der Waals surface area contributed by atoms with Crippen LogP contribution in [0.4, 0.5) is 5.69 Å². The lowest BCUT2D eigenvalue weighted by Gasteiger charge is -2.13. The van der Waals surface area contributed by atoms with E-state index in [2.05, 4.69) is 22.0 Å². The first-order valence-corrected chi connectivity index (χ1v) is 4.31. The predicted molar refractivity (Wildman–Crippen MR) is 53.2 cm³/mol. The molecule has 0 saturated carbocycles. The second-order valence-corrected chi connectivity index (χ2v) is 3.58. The summed E-state index contributed by atoms with van der Waals surface area (Å²) >= 11 is 3.32. The van der Waals surface area contributed by atoms with Gasteiger partial charge in [-0.05, 0) is 18.2 Å². The fourth-order valence-corrected chi connectivity index (χ4v) is 1.35. The first kappa shape index (κ1) is 9.08. The number of anilines is 1. The molecule has 0 aromatic heterocycles. The minimum Gasteiger partial charge on any atom is -0.377 e. The van der Waals surface area contributed by atoms with Crippen LogP contribution in [0.25, 0.3) is 0 Å². The third-order valence-corrected chi connectivity index (χ3v) is 2.05. The van der Waals surface area contributed by atoms with Crippen molar-refractivity contribution >= 4 is 21.6 Å². The molecule has 1 aromatic carbocycles. The maximum atomic E-state index is 8.79. The smallest absolute Gasteiger partial charge is 0.101 e. The summed E-state index contributed by atoms with van der Waals surface area (Å²) in [7, 11) is 3.84. The SMILES string of the molecule is CN(C)c1ccc(Br)cc1C#N. The van der Waals surface area contributed by atoms with Gasteiger partial charge in [0.25, 0.3) is 0 Å². The highest BCUT2D eigenvalue weighted by Crippen LogP contribution is 2.21. The Balaban J connectivity index is 3.23. The van der Waals surface area contributed by atoms with Crippen LogP contribution in [0.15, 0.2) is 22.7 Å². The number of hydrogen-bond acceptors (Lipinski definition) is 2. The van der Waals surface area contributed by atoms with E-state index in [1.54, 1.807) is 0 Å². The molecule has 0 fully saturated rings. The van der Waals surface area contributed by atoms with Crippen LogP contribution in [0.2, 0.25) is 0 Å². The van der Waals surface area contributed by atoms with E-state index in [1.165, 1.54) is 0 Å². The van der Waals surface area contributed by atoms with Crippen LogP contribution in [0, 0.1) is 11.3 Å². The lowest BCUT2D eigenvalue weighted by atomic mass is 10.2. The van der Waals surface area contributed by atoms with Crippen molar-refractivity contribution in [2.75, 3.05) is 19.0 Å². The van der Waals surface area contributed by atoms with E-state index < -0.39 is 0 Å². The molecule has 0 saturated heterocycles. The summed E-state index contributed by atoms with van der Waals surface area (Å²) < 4.78 is 0.935. The highest BCUT2D eigenvalue weighted by Gasteiger charge is 2.03. The van der Waals surface area contributed by atoms with Gasteiger partial charge in [0.15, 0.2) is 0 Å². The first-order chi connectivity index (χ1) is 5.65. The van der Waals surface area contributed by atoms with Crippen molar-refractivity contribution in [3.63, 3.8) is 0 Å². The van der Waals surface area contributed by atoms with Gasteiger partial charge in [-0.1, -0.05) is 15.9 Å². The molecule has 0 amide bonds. The van der Waals surface area contributed by atoms with Crippen molar-refractivity contribution in [2.24, 2.45) is 0 Å². The van der Waals surface area contributed by atoms with E-state index in [0.29, 0.717) is 5.56 Å². The van der Waals surface area contributed by atoms with Crippen molar-refractivity contribution in [1.29, 1.82) is 5.26 Å². The Labute approximate surface area is 80.5 Å². The second kappa shape index (κ2) is 3.59. The van der Waals surface area contributed by atoms with Crippen LogP contribution >= 0.6 is 15.9 Å². The van der Waals surface area contributed by atoms with Crippen LogP contribution in [0.5, 0.6) is 0 Å². The monoisotopic (exact) mass is 224 g/mol. The van der Waals surface area contributed by atoms with Gasteiger partial charge in [-0.15, -0.1) is 0 Å². The van der Waals surface area contributed by atoms with E-state index in [0.717, 1.165) is 10.2 Å². The zero-order valence-corrected chi connectivity index (χ0v) is 8.59. The van der Waals surface area contributed by atoms with E-state index in [4.69, 9.17) is 5.26 Å². The fraction of sp³-hybridized carbons (Fsp3) is 0.222. The summed E-state index contributed by atoms with van der Waals surface area (Å²) in [6.07, 6.45) is 0. The Morgan fingerprint density at radius 3 is 2.58 bits per heavy atom. The average Bonchev–Trinajstić information content (AvgIpc) is 2.03. The van der Waals surface area contributed by atoms with Gasteiger partial charge in [0.05, 0.1) is 11.3 Å². The number of benzene rings is 1. The number of nitrogens with zero attached hydrogens (tertiary/aromatic N) is 2. The Morgan fingerprint density at radius 1 is 1.42 bits per heavy atom. The molecule has 0 spiro atoms. The quantitative estimate of drug-likeness (QED) is 0.733. The summed E-state index contributed by atoms with van der Waals surface area (Å²) in [5.74, 6) is 0. The summed E-state index contributed by atoms with van der Waals surface area (Å²) in [6.45, 7) is 0. The maximum absolute atomic E-state index is 8.79. The molecule has 1 aromatic rings. The highest BCUT2D eigenvalue weighted by molar-refractivity contribution is 9.10. The van der Waals surface area contributed by atoms with Crippen molar-refractivity contribution < 1.29 is 0 Å². The van der Waals surface area contributed by atoms with Crippen LogP contribution < -0.4 is 4.90 Å². The molecule has 1 rings (SSSR count). The Kier molecular flexibility index (Phi) is 2.72. The zero-order valence-electron chi connectivity index (χ0n) is 7.00. The third-order valence-electron chi connectivity index (χ3n) is 1.56. The minimum atomic E-state index is 0.689. The Hall–Kier alpha value is -1.01. The van der Waals surface area contributed by atoms with Crippen LogP contribution in [-0.4, -0.2) is 14.1 Å². The molecule has 0 bridgehead atoms. The average molecular weight is 225 g/mol. The van der Waals surface area contributed by atoms with Gasteiger partial charge in [-0.3, -0.25) is 0 Å². The molecule has 62 valence electrons. The Morgan fingerprint density at radius 2 is 2.08 bits per heavy atom. The van der Waals surface area contributed by atoms with E-state index in [-0.39, 0.29) is 0 Å². The van der Waals surface area contributed by atoms with Gasteiger partial charge in [-0.2, -0.15) is 5.26 Å². The molecule has 0 aliphatic carbocycles. The lowest BCUT2D eigenvalue weighted by molar-refractivity contribution is 1.12. The van der Waals surface area contributed by atoms with E-state index >= 15 is 0 Å². The lowest BCUT2D eigenvalue weighted by Crippen LogP contribution is -2.10. The van der Waals surface area contributed by atoms with Gasteiger partial charge in [0.1, 0.15) is 6.07 Å². The number of rotatable bonds is 1. The van der Waals surface area contributed by atoms with Gasteiger partial charge in [0, 0.05) is 18.6 Å². The largest absolute Gasteiger partial charge is 0.377 e. The van der Waals surface area contributed by atoms with Crippen molar-refractivity contribution in [3.8, 4) is 6.07 Å². The molecule has 0 aliphatic heterocycles. The second-order valence-electron chi connectivity index (χ2n) is 2.67. The van der Waals surface area contributed by atoms with Gasteiger partial charge in [0.2, 0.25) is 0 Å². The summed E-state index contributed by atoms with van der Waals surface area (Å²) in [6, 6.07) is 7.81. The van der Waals surface area contributed by atoms with Crippen molar-refractivity contribution in [3.05, 3.63) is 28.2 Å². The maximum Gasteiger partial charge on any atom is 0.101 e. The molecular formula is C9H9BrN2. The van der Waals surface area contributed by atoms with Gasteiger partial charge < -0.3 is 4.90 Å². The number of halogens is 1. The van der Waals surface area contributed by atoms with E-state index in [9.17, 15) is 0 Å². The standard InChI is InChI=1S/C9H9BrN2/c1-12(2)9-4-3-8(10)5-7(9)6-11/h3-5H,1-2H3. The number of nitriles is 1. The van der Waals surface area contributed by atoms with Crippen molar-refractivity contribution in [2.45, 2.75) is 0 Å².